The summed E-state index contributed by atoms with van der Waals surface area (Å²) in [4.78, 5) is 5.68. The van der Waals surface area contributed by atoms with Crippen LogP contribution in [0.4, 0.5) is 0 Å². The third kappa shape index (κ3) is 3.36. The Kier molecular flexibility index (Phi) is 4.63. The third-order valence-corrected chi connectivity index (χ3v) is 4.75. The zero-order valence-electron chi connectivity index (χ0n) is 11.2. The first kappa shape index (κ1) is 13.5. The van der Waals surface area contributed by atoms with Crippen LogP contribution in [0.15, 0.2) is 46.7 Å². The van der Waals surface area contributed by atoms with Gasteiger partial charge in [0.25, 0.3) is 0 Å². The predicted octanol–water partition coefficient (Wildman–Crippen LogP) is 3.51. The smallest absolute Gasteiger partial charge is 0.150 e. The predicted molar refractivity (Wildman–Crippen MR) is 86.4 cm³/mol. The zero-order valence-corrected chi connectivity index (χ0v) is 12.8. The number of hydrogen-bond acceptors (Lipinski definition) is 4. The van der Waals surface area contributed by atoms with E-state index in [0.717, 1.165) is 31.9 Å². The minimum atomic E-state index is 0.955. The third-order valence-electron chi connectivity index (χ3n) is 3.16. The highest BCUT2D eigenvalue weighted by molar-refractivity contribution is 7.13. The standard InChI is InChI=1S/C15H17N3S2/c1-2-14(20-10-1)15-17-7-9-18(15)8-6-16-5-3-13-4-11-19-12-13/h1-2,4,7,9-12,16H,3,5-6,8H2. The molecule has 0 saturated carbocycles. The summed E-state index contributed by atoms with van der Waals surface area (Å²) in [6.07, 6.45) is 5.03. The number of nitrogens with zero attached hydrogens (tertiary/aromatic N) is 2. The van der Waals surface area contributed by atoms with Crippen LogP contribution in [0.1, 0.15) is 5.56 Å². The van der Waals surface area contributed by atoms with Crippen molar-refractivity contribution < 1.29 is 0 Å². The number of thiophene rings is 2. The van der Waals surface area contributed by atoms with Crippen LogP contribution in [-0.4, -0.2) is 22.6 Å². The van der Waals surface area contributed by atoms with E-state index < -0.39 is 0 Å². The molecule has 3 heterocycles. The fourth-order valence-corrected chi connectivity index (χ4v) is 3.55. The SMILES string of the molecule is c1csc(-c2nccn2CCNCCc2ccsc2)c1. The van der Waals surface area contributed by atoms with Gasteiger partial charge in [-0.15, -0.1) is 11.3 Å². The number of rotatable bonds is 7. The molecule has 104 valence electrons. The van der Waals surface area contributed by atoms with Gasteiger partial charge in [0.15, 0.2) is 0 Å². The van der Waals surface area contributed by atoms with Crippen molar-refractivity contribution in [2.24, 2.45) is 0 Å². The van der Waals surface area contributed by atoms with Gasteiger partial charge in [0, 0.05) is 25.5 Å². The molecule has 0 saturated heterocycles. The van der Waals surface area contributed by atoms with Gasteiger partial charge in [0.05, 0.1) is 4.88 Å². The molecule has 0 fully saturated rings. The maximum absolute atomic E-state index is 4.45. The van der Waals surface area contributed by atoms with Gasteiger partial charge in [-0.2, -0.15) is 11.3 Å². The Hall–Kier alpha value is -1.43. The van der Waals surface area contributed by atoms with Crippen molar-refractivity contribution in [2.75, 3.05) is 13.1 Å². The summed E-state index contributed by atoms with van der Waals surface area (Å²) in [7, 11) is 0. The highest BCUT2D eigenvalue weighted by Crippen LogP contribution is 2.22. The summed E-state index contributed by atoms with van der Waals surface area (Å²) in [5, 5.41) is 9.93. The molecule has 3 aromatic heterocycles. The van der Waals surface area contributed by atoms with Gasteiger partial charge in [0.2, 0.25) is 0 Å². The molecule has 0 spiro atoms. The fraction of sp³-hybridized carbons (Fsp3) is 0.267. The Balaban J connectivity index is 1.46. The van der Waals surface area contributed by atoms with E-state index in [4.69, 9.17) is 0 Å². The number of aromatic nitrogens is 2. The molecule has 0 aliphatic rings. The van der Waals surface area contributed by atoms with E-state index in [9.17, 15) is 0 Å². The molecule has 0 unspecified atom stereocenters. The lowest BCUT2D eigenvalue weighted by Crippen LogP contribution is -2.22. The molecular formula is C15H17N3S2. The van der Waals surface area contributed by atoms with Gasteiger partial charge in [-0.05, 0) is 46.8 Å². The van der Waals surface area contributed by atoms with Crippen molar-refractivity contribution in [3.63, 3.8) is 0 Å². The number of imidazole rings is 1. The maximum atomic E-state index is 4.45. The first-order chi connectivity index (χ1) is 9.93. The second-order valence-corrected chi connectivity index (χ2v) is 6.28. The van der Waals surface area contributed by atoms with E-state index in [0.29, 0.717) is 0 Å². The molecule has 3 rings (SSSR count). The van der Waals surface area contributed by atoms with E-state index in [2.05, 4.69) is 55.4 Å². The van der Waals surface area contributed by atoms with Gasteiger partial charge < -0.3 is 9.88 Å². The fourth-order valence-electron chi connectivity index (χ4n) is 2.11. The molecule has 5 heteroatoms. The van der Waals surface area contributed by atoms with Crippen molar-refractivity contribution in [1.82, 2.24) is 14.9 Å². The van der Waals surface area contributed by atoms with Crippen molar-refractivity contribution in [3.8, 4) is 10.7 Å². The van der Waals surface area contributed by atoms with Crippen LogP contribution in [-0.2, 0) is 13.0 Å². The molecule has 3 nitrogen and oxygen atoms in total. The average Bonchev–Trinajstić information content (AvgIpc) is 3.20. The minimum absolute atomic E-state index is 0.955. The Morgan fingerprint density at radius 2 is 2.20 bits per heavy atom. The molecule has 0 bridgehead atoms. The first-order valence-corrected chi connectivity index (χ1v) is 8.52. The summed E-state index contributed by atoms with van der Waals surface area (Å²) in [5.74, 6) is 1.07. The van der Waals surface area contributed by atoms with Crippen molar-refractivity contribution in [2.45, 2.75) is 13.0 Å². The number of hydrogen-bond donors (Lipinski definition) is 1. The van der Waals surface area contributed by atoms with Crippen molar-refractivity contribution in [1.29, 1.82) is 0 Å². The molecular weight excluding hydrogens is 286 g/mol. The highest BCUT2D eigenvalue weighted by atomic mass is 32.1. The lowest BCUT2D eigenvalue weighted by Gasteiger charge is -2.07. The van der Waals surface area contributed by atoms with Gasteiger partial charge in [-0.3, -0.25) is 0 Å². The molecule has 0 aromatic carbocycles. The number of nitrogens with one attached hydrogen (secondary N) is 1. The van der Waals surface area contributed by atoms with Crippen LogP contribution in [0, 0.1) is 0 Å². The van der Waals surface area contributed by atoms with E-state index in [1.54, 1.807) is 22.7 Å². The monoisotopic (exact) mass is 303 g/mol. The summed E-state index contributed by atoms with van der Waals surface area (Å²) >= 11 is 3.50. The molecule has 0 atom stereocenters. The first-order valence-electron chi connectivity index (χ1n) is 6.70. The summed E-state index contributed by atoms with van der Waals surface area (Å²) in [6, 6.07) is 6.38. The molecule has 20 heavy (non-hydrogen) atoms. The maximum Gasteiger partial charge on any atom is 0.150 e. The molecule has 3 aromatic rings. The Bertz CT molecular complexity index is 611. The normalized spacial score (nSPS) is 11.0. The Morgan fingerprint density at radius 3 is 3.00 bits per heavy atom. The van der Waals surface area contributed by atoms with Gasteiger partial charge in [-0.25, -0.2) is 4.98 Å². The average molecular weight is 303 g/mol. The van der Waals surface area contributed by atoms with Crippen LogP contribution >= 0.6 is 22.7 Å². The summed E-state index contributed by atoms with van der Waals surface area (Å²) in [6.45, 7) is 2.95. The zero-order chi connectivity index (χ0) is 13.6. The highest BCUT2D eigenvalue weighted by Gasteiger charge is 2.05. The van der Waals surface area contributed by atoms with Gasteiger partial charge in [0.1, 0.15) is 5.82 Å². The Labute approximate surface area is 126 Å². The quantitative estimate of drug-likeness (QED) is 0.677. The van der Waals surface area contributed by atoms with Crippen LogP contribution in [0.5, 0.6) is 0 Å². The topological polar surface area (TPSA) is 29.9 Å². The van der Waals surface area contributed by atoms with Crippen LogP contribution in [0.2, 0.25) is 0 Å². The van der Waals surface area contributed by atoms with Gasteiger partial charge >= 0.3 is 0 Å². The second-order valence-electron chi connectivity index (χ2n) is 4.55. The van der Waals surface area contributed by atoms with Crippen molar-refractivity contribution in [3.05, 3.63) is 52.3 Å². The largest absolute Gasteiger partial charge is 0.329 e. The van der Waals surface area contributed by atoms with E-state index in [-0.39, 0.29) is 0 Å². The van der Waals surface area contributed by atoms with E-state index in [1.807, 2.05) is 6.20 Å². The molecule has 0 radical (unpaired) electrons. The van der Waals surface area contributed by atoms with E-state index in [1.165, 1.54) is 10.4 Å². The van der Waals surface area contributed by atoms with Gasteiger partial charge in [-0.1, -0.05) is 6.07 Å². The minimum Gasteiger partial charge on any atom is -0.329 e. The van der Waals surface area contributed by atoms with Crippen LogP contribution < -0.4 is 5.32 Å². The van der Waals surface area contributed by atoms with Crippen LogP contribution in [0.3, 0.4) is 0 Å². The lowest BCUT2D eigenvalue weighted by atomic mass is 10.2. The summed E-state index contributed by atoms with van der Waals surface area (Å²) < 4.78 is 2.21. The Morgan fingerprint density at radius 1 is 1.20 bits per heavy atom. The van der Waals surface area contributed by atoms with Crippen LogP contribution in [0.25, 0.3) is 10.7 Å². The second kappa shape index (κ2) is 6.83. The summed E-state index contributed by atoms with van der Waals surface area (Å²) in [5.41, 5.74) is 1.42. The van der Waals surface area contributed by atoms with Crippen molar-refractivity contribution >= 4 is 22.7 Å². The molecule has 0 aliphatic heterocycles. The van der Waals surface area contributed by atoms with E-state index >= 15 is 0 Å². The molecule has 1 N–H and O–H groups in total. The lowest BCUT2D eigenvalue weighted by molar-refractivity contribution is 0.602. The molecule has 0 aliphatic carbocycles. The molecule has 0 amide bonds.